The zero-order valence-corrected chi connectivity index (χ0v) is 6.72. The molecule has 0 aromatic rings. The lowest BCUT2D eigenvalue weighted by atomic mass is 10.1. The Morgan fingerprint density at radius 1 is 1.50 bits per heavy atom. The van der Waals surface area contributed by atoms with E-state index in [0.29, 0.717) is 13.0 Å². The van der Waals surface area contributed by atoms with Gasteiger partial charge in [0.2, 0.25) is 0 Å². The van der Waals surface area contributed by atoms with Gasteiger partial charge in [-0.05, 0) is 5.92 Å². The second-order valence-corrected chi connectivity index (χ2v) is 2.34. The molecule has 10 heavy (non-hydrogen) atoms. The molecule has 1 atom stereocenters. The van der Waals surface area contributed by atoms with Crippen molar-refractivity contribution >= 4 is 5.97 Å². The minimum atomic E-state index is -0.176. The van der Waals surface area contributed by atoms with E-state index in [-0.39, 0.29) is 11.9 Å². The molecule has 0 heterocycles. The summed E-state index contributed by atoms with van der Waals surface area (Å²) in [4.78, 5) is 10.6. The topological polar surface area (TPSA) is 35.5 Å². The molecule has 0 aromatic heterocycles. The highest BCUT2D eigenvalue weighted by Gasteiger charge is 2.07. The molecule has 3 heteroatoms. The van der Waals surface area contributed by atoms with E-state index in [4.69, 9.17) is 4.74 Å². The van der Waals surface area contributed by atoms with Crippen molar-refractivity contribution < 1.29 is 14.3 Å². The zero-order valence-electron chi connectivity index (χ0n) is 6.72. The monoisotopic (exact) mass is 146 g/mol. The van der Waals surface area contributed by atoms with Crippen molar-refractivity contribution in [3.8, 4) is 0 Å². The van der Waals surface area contributed by atoms with Crippen molar-refractivity contribution in [1.29, 1.82) is 0 Å². The van der Waals surface area contributed by atoms with Crippen LogP contribution >= 0.6 is 0 Å². The minimum Gasteiger partial charge on any atom is -0.469 e. The highest BCUT2D eigenvalue weighted by molar-refractivity contribution is 5.69. The Kier molecular flexibility index (Phi) is 4.94. The SMILES string of the molecule is COC[C@@H](C)CC(=O)OC. The standard InChI is InChI=1S/C7H14O3/c1-6(5-9-2)4-7(8)10-3/h6H,4-5H2,1-3H3/t6-/m0/s1. The van der Waals surface area contributed by atoms with Crippen LogP contribution in [0, 0.1) is 5.92 Å². The van der Waals surface area contributed by atoms with E-state index < -0.39 is 0 Å². The Bertz CT molecular complexity index is 101. The third-order valence-electron chi connectivity index (χ3n) is 1.19. The Morgan fingerprint density at radius 2 is 2.10 bits per heavy atom. The Morgan fingerprint density at radius 3 is 2.50 bits per heavy atom. The molecule has 0 saturated heterocycles. The predicted octanol–water partition coefficient (Wildman–Crippen LogP) is 0.832. The molecule has 0 N–H and O–H groups in total. The van der Waals surface area contributed by atoms with E-state index in [1.54, 1.807) is 7.11 Å². The molecular weight excluding hydrogens is 132 g/mol. The average Bonchev–Trinajstić information content (AvgIpc) is 1.88. The van der Waals surface area contributed by atoms with Crippen molar-refractivity contribution in [2.45, 2.75) is 13.3 Å². The van der Waals surface area contributed by atoms with Crippen LogP contribution in [0.3, 0.4) is 0 Å². The van der Waals surface area contributed by atoms with Gasteiger partial charge in [0.25, 0.3) is 0 Å². The van der Waals surface area contributed by atoms with Crippen LogP contribution in [0.2, 0.25) is 0 Å². The molecule has 0 unspecified atom stereocenters. The average molecular weight is 146 g/mol. The fraction of sp³-hybridized carbons (Fsp3) is 0.857. The van der Waals surface area contributed by atoms with Gasteiger partial charge in [0.1, 0.15) is 0 Å². The first-order chi connectivity index (χ1) is 4.70. The van der Waals surface area contributed by atoms with Gasteiger partial charge in [0, 0.05) is 13.7 Å². The van der Waals surface area contributed by atoms with Crippen LogP contribution in [0.1, 0.15) is 13.3 Å². The fourth-order valence-electron chi connectivity index (χ4n) is 0.711. The summed E-state index contributed by atoms with van der Waals surface area (Å²) < 4.78 is 9.31. The molecule has 0 aliphatic heterocycles. The van der Waals surface area contributed by atoms with E-state index in [2.05, 4.69) is 4.74 Å². The van der Waals surface area contributed by atoms with Crippen LogP contribution in [0.15, 0.2) is 0 Å². The van der Waals surface area contributed by atoms with Crippen LogP contribution in [0.25, 0.3) is 0 Å². The summed E-state index contributed by atoms with van der Waals surface area (Å²) in [5.41, 5.74) is 0. The van der Waals surface area contributed by atoms with Crippen LogP contribution < -0.4 is 0 Å². The summed E-state index contributed by atoms with van der Waals surface area (Å²) >= 11 is 0. The summed E-state index contributed by atoms with van der Waals surface area (Å²) in [5, 5.41) is 0. The fourth-order valence-corrected chi connectivity index (χ4v) is 0.711. The Hall–Kier alpha value is -0.570. The lowest BCUT2D eigenvalue weighted by molar-refractivity contribution is -0.141. The first-order valence-electron chi connectivity index (χ1n) is 3.26. The number of esters is 1. The van der Waals surface area contributed by atoms with Crippen molar-refractivity contribution in [1.82, 2.24) is 0 Å². The van der Waals surface area contributed by atoms with Crippen molar-refractivity contribution in [3.05, 3.63) is 0 Å². The number of carbonyl (C=O) groups excluding carboxylic acids is 1. The van der Waals surface area contributed by atoms with E-state index >= 15 is 0 Å². The Labute approximate surface area is 61.3 Å². The molecule has 0 amide bonds. The third-order valence-corrected chi connectivity index (χ3v) is 1.19. The van der Waals surface area contributed by atoms with Crippen molar-refractivity contribution in [2.75, 3.05) is 20.8 Å². The number of hydrogen-bond acceptors (Lipinski definition) is 3. The summed E-state index contributed by atoms with van der Waals surface area (Å²) in [6.07, 6.45) is 0.435. The van der Waals surface area contributed by atoms with Crippen LogP contribution in [0.4, 0.5) is 0 Å². The molecule has 0 fully saturated rings. The van der Waals surface area contributed by atoms with E-state index in [1.165, 1.54) is 7.11 Å². The summed E-state index contributed by atoms with van der Waals surface area (Å²) in [6, 6.07) is 0. The van der Waals surface area contributed by atoms with Gasteiger partial charge in [-0.1, -0.05) is 6.92 Å². The van der Waals surface area contributed by atoms with Crippen molar-refractivity contribution in [3.63, 3.8) is 0 Å². The molecule has 0 rings (SSSR count). The second kappa shape index (κ2) is 5.23. The first kappa shape index (κ1) is 9.43. The molecule has 0 aliphatic carbocycles. The van der Waals surface area contributed by atoms with E-state index in [9.17, 15) is 4.79 Å². The van der Waals surface area contributed by atoms with Gasteiger partial charge in [-0.2, -0.15) is 0 Å². The maximum Gasteiger partial charge on any atom is 0.305 e. The van der Waals surface area contributed by atoms with E-state index in [0.717, 1.165) is 0 Å². The highest BCUT2D eigenvalue weighted by atomic mass is 16.5. The maximum absolute atomic E-state index is 10.6. The lowest BCUT2D eigenvalue weighted by Crippen LogP contribution is -2.11. The largest absolute Gasteiger partial charge is 0.469 e. The molecule has 0 saturated carbocycles. The normalized spacial score (nSPS) is 12.7. The smallest absolute Gasteiger partial charge is 0.305 e. The second-order valence-electron chi connectivity index (χ2n) is 2.34. The highest BCUT2D eigenvalue weighted by Crippen LogP contribution is 2.02. The van der Waals surface area contributed by atoms with Crippen LogP contribution in [0.5, 0.6) is 0 Å². The van der Waals surface area contributed by atoms with E-state index in [1.807, 2.05) is 6.92 Å². The Balaban J connectivity index is 3.37. The van der Waals surface area contributed by atoms with Gasteiger partial charge in [-0.15, -0.1) is 0 Å². The summed E-state index contributed by atoms with van der Waals surface area (Å²) in [5.74, 6) is 0.0713. The number of carbonyl (C=O) groups is 1. The van der Waals surface area contributed by atoms with Gasteiger partial charge >= 0.3 is 5.97 Å². The van der Waals surface area contributed by atoms with Gasteiger partial charge in [0.05, 0.1) is 13.5 Å². The molecule has 3 nitrogen and oxygen atoms in total. The van der Waals surface area contributed by atoms with Crippen molar-refractivity contribution in [2.24, 2.45) is 5.92 Å². The predicted molar refractivity (Wildman–Crippen MR) is 37.7 cm³/mol. The maximum atomic E-state index is 10.6. The lowest BCUT2D eigenvalue weighted by Gasteiger charge is -2.06. The van der Waals surface area contributed by atoms with Gasteiger partial charge in [0.15, 0.2) is 0 Å². The zero-order chi connectivity index (χ0) is 7.98. The molecule has 0 spiro atoms. The number of rotatable bonds is 4. The third kappa shape index (κ3) is 4.32. The summed E-state index contributed by atoms with van der Waals surface area (Å²) in [6.45, 7) is 2.55. The van der Waals surface area contributed by atoms with Gasteiger partial charge < -0.3 is 9.47 Å². The molecular formula is C7H14O3. The van der Waals surface area contributed by atoms with Gasteiger partial charge in [-0.25, -0.2) is 0 Å². The van der Waals surface area contributed by atoms with Gasteiger partial charge in [-0.3, -0.25) is 4.79 Å². The number of methoxy groups -OCH3 is 2. The van der Waals surface area contributed by atoms with Crippen LogP contribution in [-0.4, -0.2) is 26.8 Å². The van der Waals surface area contributed by atoms with Crippen LogP contribution in [-0.2, 0) is 14.3 Å². The first-order valence-corrected chi connectivity index (χ1v) is 3.26. The molecule has 0 aromatic carbocycles. The number of hydrogen-bond donors (Lipinski definition) is 0. The quantitative estimate of drug-likeness (QED) is 0.551. The minimum absolute atomic E-state index is 0.176. The molecule has 0 bridgehead atoms. The molecule has 0 radical (unpaired) electrons. The number of ether oxygens (including phenoxy) is 2. The summed E-state index contributed by atoms with van der Waals surface area (Å²) in [7, 11) is 3.01. The molecule has 60 valence electrons. The molecule has 0 aliphatic rings.